The highest BCUT2D eigenvalue weighted by molar-refractivity contribution is 6.30. The van der Waals surface area contributed by atoms with Gasteiger partial charge in [-0.05, 0) is 80.0 Å². The van der Waals surface area contributed by atoms with E-state index in [2.05, 4.69) is 11.5 Å². The fraction of sp³-hybridized carbons (Fsp3) is 0.400. The molecule has 2 aromatic carbocycles. The standard InChI is InChI=1S/C25H30ClNO3/c1-3-4-5-7-14-27-15-8-6-9-19-16-22(26)12-10-21(19)18-30-24-13-11-20(17-23(24)27)25(28)29-2/h3,10-13,16-17H,1,4-9,14-15,18H2,2H3. The van der Waals surface area contributed by atoms with E-state index in [0.29, 0.717) is 12.2 Å². The molecular formula is C25H30ClNO3. The van der Waals surface area contributed by atoms with Crippen LogP contribution in [-0.2, 0) is 17.8 Å². The van der Waals surface area contributed by atoms with Crippen LogP contribution in [0.4, 0.5) is 5.69 Å². The topological polar surface area (TPSA) is 38.8 Å². The van der Waals surface area contributed by atoms with Gasteiger partial charge in [-0.15, -0.1) is 6.58 Å². The molecule has 0 spiro atoms. The first-order valence-electron chi connectivity index (χ1n) is 10.6. The van der Waals surface area contributed by atoms with Gasteiger partial charge in [-0.3, -0.25) is 0 Å². The number of hydrogen-bond acceptors (Lipinski definition) is 4. The molecule has 160 valence electrons. The number of carbonyl (C=O) groups excluding carboxylic acids is 1. The van der Waals surface area contributed by atoms with Crippen LogP contribution in [0.1, 0.15) is 53.6 Å². The van der Waals surface area contributed by atoms with Gasteiger partial charge in [0.15, 0.2) is 0 Å². The Hall–Kier alpha value is -2.46. The largest absolute Gasteiger partial charge is 0.487 e. The van der Waals surface area contributed by atoms with E-state index in [0.717, 1.165) is 73.6 Å². The lowest BCUT2D eigenvalue weighted by Gasteiger charge is -2.27. The number of nitrogens with zero attached hydrogens (tertiary/aromatic N) is 1. The fourth-order valence-electron chi connectivity index (χ4n) is 3.82. The van der Waals surface area contributed by atoms with E-state index >= 15 is 0 Å². The van der Waals surface area contributed by atoms with Crippen molar-refractivity contribution in [2.24, 2.45) is 0 Å². The molecule has 0 radical (unpaired) electrons. The lowest BCUT2D eigenvalue weighted by atomic mass is 10.0. The minimum atomic E-state index is -0.335. The molecule has 2 aromatic rings. The van der Waals surface area contributed by atoms with E-state index in [1.807, 2.05) is 36.4 Å². The van der Waals surface area contributed by atoms with Crippen LogP contribution in [0, 0.1) is 0 Å². The van der Waals surface area contributed by atoms with Crippen molar-refractivity contribution in [1.29, 1.82) is 0 Å². The summed E-state index contributed by atoms with van der Waals surface area (Å²) in [6.45, 7) is 6.11. The van der Waals surface area contributed by atoms with Gasteiger partial charge in [-0.25, -0.2) is 4.79 Å². The van der Waals surface area contributed by atoms with Gasteiger partial charge < -0.3 is 14.4 Å². The third-order valence-corrected chi connectivity index (χ3v) is 5.72. The summed E-state index contributed by atoms with van der Waals surface area (Å²) in [5, 5.41) is 0.760. The normalized spacial score (nSPS) is 14.0. The first-order valence-corrected chi connectivity index (χ1v) is 11.0. The van der Waals surface area contributed by atoms with Crippen LogP contribution in [0.3, 0.4) is 0 Å². The Kier molecular flexibility index (Phi) is 8.21. The maximum absolute atomic E-state index is 12.1. The van der Waals surface area contributed by atoms with Crippen LogP contribution in [0.2, 0.25) is 5.02 Å². The number of hydrogen-bond donors (Lipinski definition) is 0. The number of benzene rings is 2. The molecule has 0 fully saturated rings. The van der Waals surface area contributed by atoms with Gasteiger partial charge in [0.05, 0.1) is 18.4 Å². The van der Waals surface area contributed by atoms with E-state index in [4.69, 9.17) is 21.1 Å². The summed E-state index contributed by atoms with van der Waals surface area (Å²) < 4.78 is 11.2. The van der Waals surface area contributed by atoms with Gasteiger partial charge in [0, 0.05) is 18.1 Å². The van der Waals surface area contributed by atoms with Gasteiger partial charge in [-0.1, -0.05) is 23.7 Å². The maximum Gasteiger partial charge on any atom is 0.337 e. The van der Waals surface area contributed by atoms with Gasteiger partial charge in [0.2, 0.25) is 0 Å². The number of fused-ring (bicyclic) bond motifs is 2. The molecule has 3 rings (SSSR count). The molecule has 4 nitrogen and oxygen atoms in total. The molecular weight excluding hydrogens is 398 g/mol. The number of esters is 1. The number of ether oxygens (including phenoxy) is 2. The molecule has 0 bridgehead atoms. The quantitative estimate of drug-likeness (QED) is 0.312. The van der Waals surface area contributed by atoms with Crippen LogP contribution in [-0.4, -0.2) is 26.2 Å². The molecule has 1 aliphatic rings. The molecule has 30 heavy (non-hydrogen) atoms. The zero-order valence-corrected chi connectivity index (χ0v) is 18.4. The number of rotatable bonds is 6. The van der Waals surface area contributed by atoms with Crippen LogP contribution < -0.4 is 9.64 Å². The van der Waals surface area contributed by atoms with Crippen molar-refractivity contribution in [3.05, 3.63) is 70.8 Å². The Morgan fingerprint density at radius 2 is 2.07 bits per heavy atom. The zero-order chi connectivity index (χ0) is 21.3. The predicted molar refractivity (Wildman–Crippen MR) is 123 cm³/mol. The predicted octanol–water partition coefficient (Wildman–Crippen LogP) is 6.20. The van der Waals surface area contributed by atoms with E-state index in [9.17, 15) is 4.79 Å². The number of unbranched alkanes of at least 4 members (excludes halogenated alkanes) is 2. The SMILES string of the molecule is C=CCCCCN1CCCCc2cc(Cl)ccc2COc2ccc(C(=O)OC)cc21. The highest BCUT2D eigenvalue weighted by Gasteiger charge is 2.18. The monoisotopic (exact) mass is 427 g/mol. The second kappa shape index (κ2) is 11.1. The lowest BCUT2D eigenvalue weighted by Crippen LogP contribution is -2.26. The number of aryl methyl sites for hydroxylation is 1. The first kappa shape index (κ1) is 22.2. The van der Waals surface area contributed by atoms with Crippen molar-refractivity contribution in [2.45, 2.75) is 45.1 Å². The number of allylic oxidation sites excluding steroid dienone is 1. The summed E-state index contributed by atoms with van der Waals surface area (Å²) in [6, 6.07) is 11.6. The molecule has 1 heterocycles. The maximum atomic E-state index is 12.1. The molecule has 0 aliphatic carbocycles. The van der Waals surface area contributed by atoms with E-state index in [1.165, 1.54) is 12.7 Å². The average molecular weight is 428 g/mol. The number of halogens is 1. The molecule has 0 saturated heterocycles. The second-order valence-electron chi connectivity index (χ2n) is 7.60. The molecule has 5 heteroatoms. The van der Waals surface area contributed by atoms with Crippen molar-refractivity contribution in [3.8, 4) is 5.75 Å². The Bertz CT molecular complexity index is 881. The van der Waals surface area contributed by atoms with Crippen molar-refractivity contribution in [3.63, 3.8) is 0 Å². The minimum Gasteiger partial charge on any atom is -0.487 e. The summed E-state index contributed by atoms with van der Waals surface area (Å²) in [4.78, 5) is 14.5. The Labute approximate surface area is 184 Å². The van der Waals surface area contributed by atoms with Crippen molar-refractivity contribution in [2.75, 3.05) is 25.1 Å². The van der Waals surface area contributed by atoms with Crippen LogP contribution >= 0.6 is 11.6 Å². The number of anilines is 1. The van der Waals surface area contributed by atoms with Crippen LogP contribution in [0.25, 0.3) is 0 Å². The van der Waals surface area contributed by atoms with Crippen LogP contribution in [0.15, 0.2) is 49.1 Å². The molecule has 0 N–H and O–H groups in total. The summed E-state index contributed by atoms with van der Waals surface area (Å²) in [7, 11) is 1.41. The van der Waals surface area contributed by atoms with Crippen molar-refractivity contribution >= 4 is 23.3 Å². The highest BCUT2D eigenvalue weighted by atomic mass is 35.5. The Morgan fingerprint density at radius 1 is 1.20 bits per heavy atom. The minimum absolute atomic E-state index is 0.335. The van der Waals surface area contributed by atoms with Gasteiger partial charge in [0.1, 0.15) is 12.4 Å². The molecule has 0 amide bonds. The van der Waals surface area contributed by atoms with E-state index < -0.39 is 0 Å². The smallest absolute Gasteiger partial charge is 0.337 e. The van der Waals surface area contributed by atoms with Gasteiger partial charge in [0.25, 0.3) is 0 Å². The van der Waals surface area contributed by atoms with Crippen LogP contribution in [0.5, 0.6) is 5.75 Å². The molecule has 0 unspecified atom stereocenters. The third kappa shape index (κ3) is 5.79. The fourth-order valence-corrected chi connectivity index (χ4v) is 4.01. The summed E-state index contributed by atoms with van der Waals surface area (Å²) in [6.07, 6.45) is 8.22. The molecule has 0 saturated carbocycles. The Balaban J connectivity index is 1.92. The molecule has 1 aliphatic heterocycles. The van der Waals surface area contributed by atoms with Gasteiger partial charge >= 0.3 is 5.97 Å². The second-order valence-corrected chi connectivity index (χ2v) is 8.04. The first-order chi connectivity index (χ1) is 14.6. The van der Waals surface area contributed by atoms with Gasteiger partial charge in [-0.2, -0.15) is 0 Å². The van der Waals surface area contributed by atoms with Crippen molar-refractivity contribution < 1.29 is 14.3 Å². The molecule has 0 aromatic heterocycles. The summed E-state index contributed by atoms with van der Waals surface area (Å²) in [5.74, 6) is 0.452. The van der Waals surface area contributed by atoms with E-state index in [1.54, 1.807) is 6.07 Å². The summed E-state index contributed by atoms with van der Waals surface area (Å²) >= 11 is 6.22. The summed E-state index contributed by atoms with van der Waals surface area (Å²) in [5.41, 5.74) is 3.89. The third-order valence-electron chi connectivity index (χ3n) is 5.48. The highest BCUT2D eigenvalue weighted by Crippen LogP contribution is 2.33. The van der Waals surface area contributed by atoms with E-state index in [-0.39, 0.29) is 5.97 Å². The number of carbonyl (C=O) groups is 1. The zero-order valence-electron chi connectivity index (χ0n) is 17.7. The van der Waals surface area contributed by atoms with Crippen molar-refractivity contribution in [1.82, 2.24) is 0 Å². The number of methoxy groups -OCH3 is 1. The Morgan fingerprint density at radius 3 is 2.87 bits per heavy atom. The molecule has 0 atom stereocenters. The lowest BCUT2D eigenvalue weighted by molar-refractivity contribution is 0.0600. The average Bonchev–Trinajstić information content (AvgIpc) is 2.79.